The van der Waals surface area contributed by atoms with Crippen LogP contribution in [0.5, 0.6) is 5.75 Å². The molecule has 28 heavy (non-hydrogen) atoms. The summed E-state index contributed by atoms with van der Waals surface area (Å²) < 4.78 is 37.5. The Kier molecular flexibility index (Phi) is 6.66. The van der Waals surface area contributed by atoms with Crippen LogP contribution in [0, 0.1) is 0 Å². The van der Waals surface area contributed by atoms with E-state index in [9.17, 15) is 13.2 Å². The molecule has 0 saturated carbocycles. The lowest BCUT2D eigenvalue weighted by Gasteiger charge is -2.26. The first-order chi connectivity index (χ1) is 13.5. The van der Waals surface area contributed by atoms with Crippen molar-refractivity contribution in [2.45, 2.75) is 17.9 Å². The number of nitrogens with one attached hydrogen (secondary N) is 1. The molecule has 2 aromatic rings. The minimum absolute atomic E-state index is 0.173. The molecule has 150 valence electrons. The van der Waals surface area contributed by atoms with Gasteiger partial charge in [0, 0.05) is 18.7 Å². The predicted octanol–water partition coefficient (Wildman–Crippen LogP) is 1.90. The molecule has 1 heterocycles. The summed E-state index contributed by atoms with van der Waals surface area (Å²) in [5, 5.41) is 2.85. The fraction of sp³-hybridized carbons (Fsp3) is 0.350. The number of morpholine rings is 1. The molecule has 1 aliphatic rings. The Hall–Kier alpha value is -2.42. The molecule has 0 aromatic heterocycles. The second-order valence-corrected chi connectivity index (χ2v) is 8.48. The molecule has 1 N–H and O–H groups in total. The van der Waals surface area contributed by atoms with Crippen molar-refractivity contribution in [1.29, 1.82) is 0 Å². The lowest BCUT2D eigenvalue weighted by atomic mass is 10.2. The number of para-hydroxylation sites is 1. The smallest absolute Gasteiger partial charge is 0.251 e. The van der Waals surface area contributed by atoms with Crippen LogP contribution >= 0.6 is 0 Å². The van der Waals surface area contributed by atoms with E-state index in [1.807, 2.05) is 37.3 Å². The summed E-state index contributed by atoms with van der Waals surface area (Å²) >= 11 is 0. The summed E-state index contributed by atoms with van der Waals surface area (Å²) in [6.07, 6.45) is 0. The summed E-state index contributed by atoms with van der Waals surface area (Å²) in [7, 11) is -3.57. The van der Waals surface area contributed by atoms with Crippen molar-refractivity contribution in [3.8, 4) is 5.75 Å². The van der Waals surface area contributed by atoms with Crippen LogP contribution in [0.3, 0.4) is 0 Å². The van der Waals surface area contributed by atoms with Crippen LogP contribution < -0.4 is 10.1 Å². The van der Waals surface area contributed by atoms with E-state index >= 15 is 0 Å². The molecule has 2 aromatic carbocycles. The van der Waals surface area contributed by atoms with Gasteiger partial charge in [-0.2, -0.15) is 4.31 Å². The molecule has 0 spiro atoms. The van der Waals surface area contributed by atoms with E-state index in [4.69, 9.17) is 9.47 Å². The monoisotopic (exact) mass is 404 g/mol. The largest absolute Gasteiger partial charge is 0.491 e. The molecule has 3 rings (SSSR count). The molecule has 7 nitrogen and oxygen atoms in total. The van der Waals surface area contributed by atoms with Gasteiger partial charge in [0.2, 0.25) is 10.0 Å². The van der Waals surface area contributed by atoms with Gasteiger partial charge in [0.15, 0.2) is 0 Å². The van der Waals surface area contributed by atoms with Crippen molar-refractivity contribution in [2.75, 3.05) is 32.9 Å². The Morgan fingerprint density at radius 1 is 1.11 bits per heavy atom. The number of benzene rings is 2. The zero-order valence-electron chi connectivity index (χ0n) is 15.7. The van der Waals surface area contributed by atoms with E-state index in [1.165, 1.54) is 28.6 Å². The second-order valence-electron chi connectivity index (χ2n) is 6.54. The molecule has 0 bridgehead atoms. The van der Waals surface area contributed by atoms with E-state index in [1.54, 1.807) is 0 Å². The van der Waals surface area contributed by atoms with Crippen LogP contribution in [0.4, 0.5) is 0 Å². The van der Waals surface area contributed by atoms with Crippen LogP contribution in [-0.2, 0) is 14.8 Å². The first-order valence-electron chi connectivity index (χ1n) is 9.13. The Balaban J connectivity index is 1.57. The SMILES string of the molecule is CC(COc1ccccc1)NC(=O)c1ccc(S(=O)(=O)N2CCOCC2)cc1. The topological polar surface area (TPSA) is 84.9 Å². The third-order valence-corrected chi connectivity index (χ3v) is 6.26. The Bertz CT molecular complexity index is 879. The quantitative estimate of drug-likeness (QED) is 0.762. The molecular weight excluding hydrogens is 380 g/mol. The molecule has 1 aliphatic heterocycles. The van der Waals surface area contributed by atoms with E-state index < -0.39 is 10.0 Å². The normalized spacial score (nSPS) is 16.3. The van der Waals surface area contributed by atoms with E-state index in [-0.39, 0.29) is 16.8 Å². The molecule has 1 fully saturated rings. The van der Waals surface area contributed by atoms with E-state index in [0.29, 0.717) is 38.5 Å². The number of sulfonamides is 1. The van der Waals surface area contributed by atoms with E-state index in [2.05, 4.69) is 5.32 Å². The van der Waals surface area contributed by atoms with Crippen LogP contribution in [0.25, 0.3) is 0 Å². The van der Waals surface area contributed by atoms with Gasteiger partial charge >= 0.3 is 0 Å². The summed E-state index contributed by atoms with van der Waals surface area (Å²) in [5.41, 5.74) is 0.396. The molecule has 1 atom stereocenters. The second kappa shape index (κ2) is 9.18. The van der Waals surface area contributed by atoms with Crippen molar-refractivity contribution >= 4 is 15.9 Å². The van der Waals surface area contributed by atoms with Crippen LogP contribution in [0.1, 0.15) is 17.3 Å². The van der Waals surface area contributed by atoms with Gasteiger partial charge in [0.25, 0.3) is 5.91 Å². The van der Waals surface area contributed by atoms with Crippen LogP contribution in [-0.4, -0.2) is 57.6 Å². The molecule has 8 heteroatoms. The van der Waals surface area contributed by atoms with Crippen molar-refractivity contribution in [2.24, 2.45) is 0 Å². The van der Waals surface area contributed by atoms with Gasteiger partial charge in [-0.1, -0.05) is 18.2 Å². The third-order valence-electron chi connectivity index (χ3n) is 4.35. The summed E-state index contributed by atoms with van der Waals surface area (Å²) in [6, 6.07) is 15.1. The lowest BCUT2D eigenvalue weighted by Crippen LogP contribution is -2.40. The van der Waals surface area contributed by atoms with Gasteiger partial charge in [-0.05, 0) is 43.3 Å². The lowest BCUT2D eigenvalue weighted by molar-refractivity contribution is 0.0730. The van der Waals surface area contributed by atoms with Gasteiger partial charge in [-0.15, -0.1) is 0 Å². The van der Waals surface area contributed by atoms with Crippen LogP contribution in [0.15, 0.2) is 59.5 Å². The average molecular weight is 404 g/mol. The summed E-state index contributed by atoms with van der Waals surface area (Å²) in [6.45, 7) is 3.63. The molecule has 1 unspecified atom stereocenters. The number of rotatable bonds is 7. The van der Waals surface area contributed by atoms with E-state index in [0.717, 1.165) is 5.75 Å². The molecular formula is C20H24N2O5S. The molecule has 1 saturated heterocycles. The molecule has 0 aliphatic carbocycles. The highest BCUT2D eigenvalue weighted by molar-refractivity contribution is 7.89. The highest BCUT2D eigenvalue weighted by Gasteiger charge is 2.26. The van der Waals surface area contributed by atoms with Crippen LogP contribution in [0.2, 0.25) is 0 Å². The third kappa shape index (κ3) is 5.09. The minimum atomic E-state index is -3.57. The van der Waals surface area contributed by atoms with Gasteiger partial charge in [0.05, 0.1) is 24.2 Å². The molecule has 0 radical (unpaired) electrons. The number of hydrogen-bond acceptors (Lipinski definition) is 5. The number of hydrogen-bond donors (Lipinski definition) is 1. The van der Waals surface area contributed by atoms with Crippen molar-refractivity contribution in [3.63, 3.8) is 0 Å². The van der Waals surface area contributed by atoms with Crippen molar-refractivity contribution < 1.29 is 22.7 Å². The number of carbonyl (C=O) groups is 1. The highest BCUT2D eigenvalue weighted by Crippen LogP contribution is 2.18. The summed E-state index contributed by atoms with van der Waals surface area (Å²) in [5.74, 6) is 0.459. The minimum Gasteiger partial charge on any atom is -0.491 e. The number of ether oxygens (including phenoxy) is 2. The zero-order valence-corrected chi connectivity index (χ0v) is 16.5. The Morgan fingerprint density at radius 3 is 2.39 bits per heavy atom. The maximum absolute atomic E-state index is 12.6. The number of nitrogens with zero attached hydrogens (tertiary/aromatic N) is 1. The van der Waals surface area contributed by atoms with Crippen molar-refractivity contribution in [3.05, 3.63) is 60.2 Å². The van der Waals surface area contributed by atoms with Gasteiger partial charge in [0.1, 0.15) is 12.4 Å². The standard InChI is InChI=1S/C20H24N2O5S/c1-16(15-27-18-5-3-2-4-6-18)21-20(23)17-7-9-19(10-8-17)28(24,25)22-11-13-26-14-12-22/h2-10,16H,11-15H2,1H3,(H,21,23). The predicted molar refractivity (Wildman–Crippen MR) is 105 cm³/mol. The highest BCUT2D eigenvalue weighted by atomic mass is 32.2. The van der Waals surface area contributed by atoms with Gasteiger partial charge in [-0.3, -0.25) is 4.79 Å². The number of amides is 1. The summed E-state index contributed by atoms with van der Waals surface area (Å²) in [4.78, 5) is 12.6. The molecule has 1 amide bonds. The van der Waals surface area contributed by atoms with Gasteiger partial charge in [-0.25, -0.2) is 8.42 Å². The maximum Gasteiger partial charge on any atom is 0.251 e. The fourth-order valence-corrected chi connectivity index (χ4v) is 4.21. The maximum atomic E-state index is 12.6. The van der Waals surface area contributed by atoms with Gasteiger partial charge < -0.3 is 14.8 Å². The first-order valence-corrected chi connectivity index (χ1v) is 10.6. The van der Waals surface area contributed by atoms with Crippen molar-refractivity contribution in [1.82, 2.24) is 9.62 Å². The zero-order chi connectivity index (χ0) is 20.0. The fourth-order valence-electron chi connectivity index (χ4n) is 2.80. The number of carbonyl (C=O) groups excluding carboxylic acids is 1. The first kappa shape index (κ1) is 20.3. The Labute approximate surface area is 165 Å². The Morgan fingerprint density at radius 2 is 1.75 bits per heavy atom. The average Bonchev–Trinajstić information content (AvgIpc) is 2.73.